The van der Waals surface area contributed by atoms with E-state index in [1.165, 1.54) is 12.1 Å². The van der Waals surface area contributed by atoms with Gasteiger partial charge in [0.15, 0.2) is 0 Å². The van der Waals surface area contributed by atoms with E-state index in [0.29, 0.717) is 18.9 Å². The molecule has 2 aromatic rings. The lowest BCUT2D eigenvalue weighted by Crippen LogP contribution is -2.52. The second-order valence-electron chi connectivity index (χ2n) is 8.10. The summed E-state index contributed by atoms with van der Waals surface area (Å²) in [7, 11) is 0. The van der Waals surface area contributed by atoms with E-state index in [0.717, 1.165) is 29.8 Å². The van der Waals surface area contributed by atoms with Crippen LogP contribution in [-0.2, 0) is 0 Å². The zero-order chi connectivity index (χ0) is 20.3. The molecule has 3 rings (SSSR count). The van der Waals surface area contributed by atoms with Gasteiger partial charge in [0.2, 0.25) is 0 Å². The minimum absolute atomic E-state index is 0.000854. The predicted octanol–water partition coefficient (Wildman–Crippen LogP) is 3.77. The van der Waals surface area contributed by atoms with Crippen molar-refractivity contribution in [2.75, 3.05) is 19.6 Å². The summed E-state index contributed by atoms with van der Waals surface area (Å²) < 4.78 is 14.5. The molecule has 0 aliphatic carbocycles. The molecule has 1 amide bonds. The number of likely N-dealkylation sites (tertiary alicyclic amines) is 1. The monoisotopic (exact) mass is 384 g/mol. The summed E-state index contributed by atoms with van der Waals surface area (Å²) in [6.45, 7) is 7.99. The number of halogens is 1. The average molecular weight is 384 g/mol. The molecule has 0 aromatic heterocycles. The largest absolute Gasteiger partial charge is 0.388 e. The van der Waals surface area contributed by atoms with E-state index in [1.807, 2.05) is 31.2 Å². The number of carbonyl (C=O) groups is 1. The Labute approximate surface area is 166 Å². The Hall–Kier alpha value is -2.24. The lowest BCUT2D eigenvalue weighted by atomic mass is 9.90. The first-order valence-electron chi connectivity index (χ1n) is 9.89. The van der Waals surface area contributed by atoms with E-state index in [1.54, 1.807) is 6.07 Å². The Kier molecular flexibility index (Phi) is 6.16. The Bertz CT molecular complexity index is 825. The molecule has 1 aliphatic heterocycles. The van der Waals surface area contributed by atoms with Crippen molar-refractivity contribution in [1.82, 2.24) is 10.2 Å². The number of aliphatic hydroxyl groups is 1. The molecule has 0 atom stereocenters. The highest BCUT2D eigenvalue weighted by Crippen LogP contribution is 2.24. The van der Waals surface area contributed by atoms with E-state index in [4.69, 9.17) is 0 Å². The van der Waals surface area contributed by atoms with Crippen LogP contribution in [0.15, 0.2) is 42.5 Å². The zero-order valence-corrected chi connectivity index (χ0v) is 16.8. The Morgan fingerprint density at radius 2 is 1.75 bits per heavy atom. The molecular weight excluding hydrogens is 355 g/mol. The number of rotatable bonds is 5. The molecule has 1 fully saturated rings. The van der Waals surface area contributed by atoms with Gasteiger partial charge in [-0.1, -0.05) is 35.9 Å². The Balaban J connectivity index is 1.62. The van der Waals surface area contributed by atoms with Gasteiger partial charge in [-0.15, -0.1) is 0 Å². The molecule has 0 spiro atoms. The minimum atomic E-state index is -0.931. The van der Waals surface area contributed by atoms with Crippen molar-refractivity contribution in [2.24, 2.45) is 0 Å². The fraction of sp³-hybridized carbons (Fsp3) is 0.435. The minimum Gasteiger partial charge on any atom is -0.388 e. The maximum atomic E-state index is 14.5. The Morgan fingerprint density at radius 3 is 2.32 bits per heavy atom. The molecule has 1 heterocycles. The molecule has 4 nitrogen and oxygen atoms in total. The van der Waals surface area contributed by atoms with Crippen LogP contribution in [0.4, 0.5) is 4.39 Å². The number of amides is 1. The molecule has 0 bridgehead atoms. The molecule has 2 aromatic carbocycles. The highest BCUT2D eigenvalue weighted by molar-refractivity contribution is 5.95. The summed E-state index contributed by atoms with van der Waals surface area (Å²) in [4.78, 5) is 14.7. The molecule has 0 saturated carbocycles. The van der Waals surface area contributed by atoms with E-state index >= 15 is 0 Å². The standard InChI is InChI=1S/C23H29FN2O2/c1-16(2)26-12-10-23(28,11-13-26)15-25-22(27)20-9-8-19(14-21(20)24)18-6-4-17(3)5-7-18/h4-9,14,16,28H,10-13,15H2,1-3H3,(H,25,27). The molecular formula is C23H29FN2O2. The van der Waals surface area contributed by atoms with Gasteiger partial charge in [0, 0.05) is 25.7 Å². The van der Waals surface area contributed by atoms with Gasteiger partial charge in [-0.2, -0.15) is 0 Å². The smallest absolute Gasteiger partial charge is 0.254 e. The lowest BCUT2D eigenvalue weighted by Gasteiger charge is -2.40. The van der Waals surface area contributed by atoms with Crippen molar-refractivity contribution < 1.29 is 14.3 Å². The van der Waals surface area contributed by atoms with E-state index in [9.17, 15) is 14.3 Å². The highest BCUT2D eigenvalue weighted by atomic mass is 19.1. The lowest BCUT2D eigenvalue weighted by molar-refractivity contribution is -0.0254. The number of carbonyl (C=O) groups excluding carboxylic acids is 1. The molecule has 28 heavy (non-hydrogen) atoms. The summed E-state index contributed by atoms with van der Waals surface area (Å²) in [5.74, 6) is -1.05. The van der Waals surface area contributed by atoms with Crippen molar-refractivity contribution in [3.63, 3.8) is 0 Å². The summed E-state index contributed by atoms with van der Waals surface area (Å²) in [5, 5.41) is 13.4. The zero-order valence-electron chi connectivity index (χ0n) is 16.8. The van der Waals surface area contributed by atoms with Crippen LogP contribution in [0, 0.1) is 12.7 Å². The van der Waals surface area contributed by atoms with Gasteiger partial charge >= 0.3 is 0 Å². The maximum Gasteiger partial charge on any atom is 0.254 e. The number of hydrogen-bond donors (Lipinski definition) is 2. The van der Waals surface area contributed by atoms with Gasteiger partial charge in [0.05, 0.1) is 11.2 Å². The first-order valence-corrected chi connectivity index (χ1v) is 9.89. The van der Waals surface area contributed by atoms with Crippen LogP contribution in [0.5, 0.6) is 0 Å². The van der Waals surface area contributed by atoms with Crippen molar-refractivity contribution in [1.29, 1.82) is 0 Å². The van der Waals surface area contributed by atoms with Gasteiger partial charge in [0.25, 0.3) is 5.91 Å². The maximum absolute atomic E-state index is 14.5. The number of piperidine rings is 1. The normalized spacial score (nSPS) is 16.9. The molecule has 1 saturated heterocycles. The van der Waals surface area contributed by atoms with Gasteiger partial charge in [0.1, 0.15) is 5.82 Å². The van der Waals surface area contributed by atoms with Gasteiger partial charge in [-0.3, -0.25) is 4.79 Å². The van der Waals surface area contributed by atoms with Crippen molar-refractivity contribution in [2.45, 2.75) is 45.3 Å². The van der Waals surface area contributed by atoms with Crippen LogP contribution in [0.3, 0.4) is 0 Å². The van der Waals surface area contributed by atoms with Crippen LogP contribution in [0.2, 0.25) is 0 Å². The third-order valence-electron chi connectivity index (χ3n) is 5.64. The predicted molar refractivity (Wildman–Crippen MR) is 110 cm³/mol. The second-order valence-corrected chi connectivity index (χ2v) is 8.10. The molecule has 1 aliphatic rings. The first kappa shape index (κ1) is 20.5. The number of benzene rings is 2. The third-order valence-corrected chi connectivity index (χ3v) is 5.64. The van der Waals surface area contributed by atoms with E-state index < -0.39 is 17.3 Å². The van der Waals surface area contributed by atoms with E-state index in [2.05, 4.69) is 24.1 Å². The van der Waals surface area contributed by atoms with Crippen molar-refractivity contribution in [3.05, 3.63) is 59.4 Å². The second kappa shape index (κ2) is 8.41. The van der Waals surface area contributed by atoms with Crippen LogP contribution in [0.25, 0.3) is 11.1 Å². The summed E-state index contributed by atoms with van der Waals surface area (Å²) in [5.41, 5.74) is 1.84. The van der Waals surface area contributed by atoms with Crippen LogP contribution in [0.1, 0.15) is 42.6 Å². The van der Waals surface area contributed by atoms with Crippen LogP contribution in [-0.4, -0.2) is 47.2 Å². The third kappa shape index (κ3) is 4.78. The quantitative estimate of drug-likeness (QED) is 0.825. The topological polar surface area (TPSA) is 52.6 Å². The first-order chi connectivity index (χ1) is 13.3. The van der Waals surface area contributed by atoms with Gasteiger partial charge in [-0.05, 0) is 56.9 Å². The van der Waals surface area contributed by atoms with Gasteiger partial charge < -0.3 is 15.3 Å². The number of nitrogens with one attached hydrogen (secondary N) is 1. The number of hydrogen-bond acceptors (Lipinski definition) is 3. The fourth-order valence-corrected chi connectivity index (χ4v) is 3.60. The number of nitrogens with zero attached hydrogens (tertiary/aromatic N) is 1. The van der Waals surface area contributed by atoms with Crippen molar-refractivity contribution >= 4 is 5.91 Å². The fourth-order valence-electron chi connectivity index (χ4n) is 3.60. The summed E-state index contributed by atoms with van der Waals surface area (Å²) in [6, 6.07) is 12.9. The molecule has 2 N–H and O–H groups in total. The molecule has 5 heteroatoms. The van der Waals surface area contributed by atoms with E-state index in [-0.39, 0.29) is 12.1 Å². The summed E-state index contributed by atoms with van der Waals surface area (Å²) >= 11 is 0. The highest BCUT2D eigenvalue weighted by Gasteiger charge is 2.33. The number of aryl methyl sites for hydroxylation is 1. The van der Waals surface area contributed by atoms with Crippen LogP contribution >= 0.6 is 0 Å². The summed E-state index contributed by atoms with van der Waals surface area (Å²) in [6.07, 6.45) is 1.20. The molecule has 150 valence electrons. The SMILES string of the molecule is Cc1ccc(-c2ccc(C(=O)NCC3(O)CCN(C(C)C)CC3)c(F)c2)cc1. The average Bonchev–Trinajstić information content (AvgIpc) is 2.67. The molecule has 0 radical (unpaired) electrons. The van der Waals surface area contributed by atoms with Crippen molar-refractivity contribution in [3.8, 4) is 11.1 Å². The molecule has 0 unspecified atom stereocenters. The Morgan fingerprint density at radius 1 is 1.14 bits per heavy atom. The van der Waals surface area contributed by atoms with Gasteiger partial charge in [-0.25, -0.2) is 4.39 Å². The van der Waals surface area contributed by atoms with Crippen LogP contribution < -0.4 is 5.32 Å².